The molecule has 0 saturated heterocycles. The van der Waals surface area contributed by atoms with Crippen LogP contribution < -0.4 is 15.4 Å². The molecule has 0 unspecified atom stereocenters. The summed E-state index contributed by atoms with van der Waals surface area (Å²) in [5.41, 5.74) is 8.45. The first-order chi connectivity index (χ1) is 10.0. The molecule has 2 aromatic rings. The molecule has 5 nitrogen and oxygen atoms in total. The fourth-order valence-electron chi connectivity index (χ4n) is 2.14. The second-order valence-electron chi connectivity index (χ2n) is 4.79. The Bertz CT molecular complexity index is 656. The molecular weight excluding hydrogens is 268 g/mol. The molecule has 0 aliphatic heterocycles. The second kappa shape index (κ2) is 6.17. The molecule has 0 aromatic heterocycles. The van der Waals surface area contributed by atoms with E-state index < -0.39 is 5.97 Å². The average molecular weight is 286 g/mol. The zero-order chi connectivity index (χ0) is 15.4. The first kappa shape index (κ1) is 14.7. The number of carboxylic acids is 1. The van der Waals surface area contributed by atoms with E-state index >= 15 is 0 Å². The van der Waals surface area contributed by atoms with Gasteiger partial charge in [-0.1, -0.05) is 12.1 Å². The third kappa shape index (κ3) is 3.45. The number of anilines is 2. The van der Waals surface area contributed by atoms with Crippen LogP contribution in [0.2, 0.25) is 0 Å². The molecule has 0 atom stereocenters. The Morgan fingerprint density at radius 1 is 1.29 bits per heavy atom. The van der Waals surface area contributed by atoms with Crippen LogP contribution in [0.3, 0.4) is 0 Å². The van der Waals surface area contributed by atoms with Crippen molar-refractivity contribution in [1.82, 2.24) is 0 Å². The van der Waals surface area contributed by atoms with Crippen molar-refractivity contribution in [2.24, 2.45) is 0 Å². The van der Waals surface area contributed by atoms with Gasteiger partial charge in [0.25, 0.3) is 0 Å². The number of rotatable bonds is 5. The van der Waals surface area contributed by atoms with Crippen LogP contribution >= 0.6 is 0 Å². The summed E-state index contributed by atoms with van der Waals surface area (Å²) in [5.74, 6) is -0.181. The highest BCUT2D eigenvalue weighted by Crippen LogP contribution is 2.25. The van der Waals surface area contributed by atoms with Crippen molar-refractivity contribution < 1.29 is 14.6 Å². The minimum Gasteiger partial charge on any atom is -0.497 e. The third-order valence-corrected chi connectivity index (χ3v) is 3.24. The molecule has 0 spiro atoms. The van der Waals surface area contributed by atoms with E-state index in [1.807, 2.05) is 36.2 Å². The van der Waals surface area contributed by atoms with Crippen LogP contribution in [0.25, 0.3) is 0 Å². The van der Waals surface area contributed by atoms with Gasteiger partial charge in [0.05, 0.1) is 24.0 Å². The van der Waals surface area contributed by atoms with E-state index in [1.54, 1.807) is 19.2 Å². The van der Waals surface area contributed by atoms with E-state index in [0.717, 1.165) is 11.3 Å². The Balaban J connectivity index is 2.25. The number of methoxy groups -OCH3 is 1. The Morgan fingerprint density at radius 2 is 2.05 bits per heavy atom. The first-order valence-electron chi connectivity index (χ1n) is 6.48. The molecule has 0 fully saturated rings. The van der Waals surface area contributed by atoms with Gasteiger partial charge in [0.15, 0.2) is 0 Å². The van der Waals surface area contributed by atoms with E-state index in [2.05, 4.69) is 0 Å². The van der Waals surface area contributed by atoms with Crippen molar-refractivity contribution >= 4 is 17.3 Å². The number of aromatic carboxylic acids is 1. The van der Waals surface area contributed by atoms with E-state index in [0.29, 0.717) is 17.9 Å². The van der Waals surface area contributed by atoms with Crippen molar-refractivity contribution in [3.8, 4) is 5.75 Å². The lowest BCUT2D eigenvalue weighted by molar-refractivity contribution is 0.0697. The minimum atomic E-state index is -0.967. The maximum absolute atomic E-state index is 11.1. The standard InChI is InChI=1S/C16H18N2O3/c1-18(10-11-4-3-5-13(8-11)21-2)15-9-12(16(19)20)6-7-14(15)17/h3-9H,10,17H2,1-2H3,(H,19,20). The third-order valence-electron chi connectivity index (χ3n) is 3.24. The second-order valence-corrected chi connectivity index (χ2v) is 4.79. The number of ether oxygens (including phenoxy) is 1. The topological polar surface area (TPSA) is 75.8 Å². The molecule has 21 heavy (non-hydrogen) atoms. The number of nitrogens with two attached hydrogens (primary N) is 1. The van der Waals surface area contributed by atoms with Gasteiger partial charge >= 0.3 is 5.97 Å². The highest BCUT2D eigenvalue weighted by Gasteiger charge is 2.11. The average Bonchev–Trinajstić information content (AvgIpc) is 2.47. The van der Waals surface area contributed by atoms with Crippen molar-refractivity contribution in [3.05, 3.63) is 53.6 Å². The van der Waals surface area contributed by atoms with Crippen LogP contribution in [-0.2, 0) is 6.54 Å². The van der Waals surface area contributed by atoms with Gasteiger partial charge < -0.3 is 20.5 Å². The minimum absolute atomic E-state index is 0.219. The van der Waals surface area contributed by atoms with E-state index in [1.165, 1.54) is 6.07 Å². The molecule has 2 aromatic carbocycles. The molecular formula is C16H18N2O3. The number of benzene rings is 2. The highest BCUT2D eigenvalue weighted by molar-refractivity contribution is 5.90. The molecule has 0 saturated carbocycles. The van der Waals surface area contributed by atoms with Crippen LogP contribution in [0.4, 0.5) is 11.4 Å². The number of hydrogen-bond acceptors (Lipinski definition) is 4. The number of nitrogens with zero attached hydrogens (tertiary/aromatic N) is 1. The predicted octanol–water partition coefficient (Wildman–Crippen LogP) is 2.61. The van der Waals surface area contributed by atoms with E-state index in [-0.39, 0.29) is 5.56 Å². The summed E-state index contributed by atoms with van der Waals surface area (Å²) in [4.78, 5) is 13.0. The molecule has 2 rings (SSSR count). The number of nitrogen functional groups attached to an aromatic ring is 1. The smallest absolute Gasteiger partial charge is 0.335 e. The van der Waals surface area contributed by atoms with Gasteiger partial charge in [0.1, 0.15) is 5.75 Å². The molecule has 110 valence electrons. The fraction of sp³-hybridized carbons (Fsp3) is 0.188. The predicted molar refractivity (Wildman–Crippen MR) is 82.9 cm³/mol. The van der Waals surface area contributed by atoms with Gasteiger partial charge in [-0.2, -0.15) is 0 Å². The summed E-state index contributed by atoms with van der Waals surface area (Å²) < 4.78 is 5.20. The fourth-order valence-corrected chi connectivity index (χ4v) is 2.14. The summed E-state index contributed by atoms with van der Waals surface area (Å²) in [7, 11) is 3.49. The highest BCUT2D eigenvalue weighted by atomic mass is 16.5. The van der Waals surface area contributed by atoms with Crippen LogP contribution in [0.1, 0.15) is 15.9 Å². The summed E-state index contributed by atoms with van der Waals surface area (Å²) in [5, 5.41) is 9.06. The molecule has 0 bridgehead atoms. The van der Waals surface area contributed by atoms with E-state index in [4.69, 9.17) is 15.6 Å². The van der Waals surface area contributed by atoms with Crippen LogP contribution in [-0.4, -0.2) is 25.2 Å². The summed E-state index contributed by atoms with van der Waals surface area (Å²) in [6, 6.07) is 12.4. The maximum atomic E-state index is 11.1. The Kier molecular flexibility index (Phi) is 4.33. The monoisotopic (exact) mass is 286 g/mol. The molecule has 0 aliphatic carbocycles. The number of hydrogen-bond donors (Lipinski definition) is 2. The van der Waals surface area contributed by atoms with Crippen molar-refractivity contribution in [2.75, 3.05) is 24.8 Å². The molecule has 0 aliphatic rings. The zero-order valence-electron chi connectivity index (χ0n) is 12.0. The van der Waals surface area contributed by atoms with Crippen LogP contribution in [0, 0.1) is 0 Å². The van der Waals surface area contributed by atoms with Gasteiger partial charge in [0, 0.05) is 13.6 Å². The molecule has 0 radical (unpaired) electrons. The summed E-state index contributed by atoms with van der Waals surface area (Å²) in [6.45, 7) is 0.602. The summed E-state index contributed by atoms with van der Waals surface area (Å²) in [6.07, 6.45) is 0. The Morgan fingerprint density at radius 3 is 2.71 bits per heavy atom. The molecule has 0 heterocycles. The zero-order valence-corrected chi connectivity index (χ0v) is 12.0. The number of carbonyl (C=O) groups is 1. The van der Waals surface area contributed by atoms with E-state index in [9.17, 15) is 4.79 Å². The normalized spacial score (nSPS) is 10.2. The van der Waals surface area contributed by atoms with Gasteiger partial charge in [-0.15, -0.1) is 0 Å². The van der Waals surface area contributed by atoms with Crippen LogP contribution in [0.5, 0.6) is 5.75 Å². The lowest BCUT2D eigenvalue weighted by atomic mass is 10.1. The Labute approximate surface area is 123 Å². The van der Waals surface area contributed by atoms with Crippen molar-refractivity contribution in [2.45, 2.75) is 6.54 Å². The quantitative estimate of drug-likeness (QED) is 0.826. The SMILES string of the molecule is COc1cccc(CN(C)c2cc(C(=O)O)ccc2N)c1. The lowest BCUT2D eigenvalue weighted by Crippen LogP contribution is -2.18. The molecule has 3 N–H and O–H groups in total. The number of carboxylic acid groups (broad SMARTS) is 1. The van der Waals surface area contributed by atoms with Crippen molar-refractivity contribution in [1.29, 1.82) is 0 Å². The maximum Gasteiger partial charge on any atom is 0.335 e. The van der Waals surface area contributed by atoms with Crippen LogP contribution in [0.15, 0.2) is 42.5 Å². The largest absolute Gasteiger partial charge is 0.497 e. The molecule has 0 amide bonds. The molecule has 5 heteroatoms. The first-order valence-corrected chi connectivity index (χ1v) is 6.48. The van der Waals surface area contributed by atoms with Crippen molar-refractivity contribution in [3.63, 3.8) is 0 Å². The van der Waals surface area contributed by atoms with Gasteiger partial charge in [0.2, 0.25) is 0 Å². The lowest BCUT2D eigenvalue weighted by Gasteiger charge is -2.22. The van der Waals surface area contributed by atoms with Gasteiger partial charge in [-0.3, -0.25) is 0 Å². The Hall–Kier alpha value is -2.69. The van der Waals surface area contributed by atoms with Gasteiger partial charge in [-0.25, -0.2) is 4.79 Å². The summed E-state index contributed by atoms with van der Waals surface area (Å²) >= 11 is 0. The van der Waals surface area contributed by atoms with Gasteiger partial charge in [-0.05, 0) is 35.9 Å².